The van der Waals surface area contributed by atoms with Gasteiger partial charge in [-0.2, -0.15) is 13.2 Å². The predicted molar refractivity (Wildman–Crippen MR) is 116 cm³/mol. The molecule has 0 aliphatic carbocycles. The van der Waals surface area contributed by atoms with Gasteiger partial charge in [0, 0.05) is 11.1 Å². The summed E-state index contributed by atoms with van der Waals surface area (Å²) < 4.78 is 38.1. The van der Waals surface area contributed by atoms with Gasteiger partial charge < -0.3 is 5.32 Å². The molecule has 168 valence electrons. The lowest BCUT2D eigenvalue weighted by molar-refractivity contribution is -0.137. The Kier molecular flexibility index (Phi) is 6.93. The van der Waals surface area contributed by atoms with Crippen LogP contribution >= 0.6 is 11.3 Å². The van der Waals surface area contributed by atoms with Crippen LogP contribution in [0.3, 0.4) is 0 Å². The quantitative estimate of drug-likeness (QED) is 0.544. The van der Waals surface area contributed by atoms with Gasteiger partial charge in [0.1, 0.15) is 11.0 Å². The van der Waals surface area contributed by atoms with Crippen LogP contribution in [0.1, 0.15) is 35.3 Å². The Balaban J connectivity index is 1.68. The minimum absolute atomic E-state index is 0.0222. The molecule has 6 nitrogen and oxygen atoms in total. The normalized spacial score (nSPS) is 12.5. The molecule has 10 heteroatoms. The zero-order chi connectivity index (χ0) is 23.5. The van der Waals surface area contributed by atoms with E-state index in [9.17, 15) is 22.8 Å². The molecule has 1 aromatic heterocycles. The second-order valence-electron chi connectivity index (χ2n) is 7.54. The van der Waals surface area contributed by atoms with Gasteiger partial charge in [0.2, 0.25) is 11.0 Å². The highest BCUT2D eigenvalue weighted by Crippen LogP contribution is 2.29. The van der Waals surface area contributed by atoms with Gasteiger partial charge in [-0.1, -0.05) is 55.0 Å². The van der Waals surface area contributed by atoms with Crippen LogP contribution in [-0.4, -0.2) is 28.1 Å². The van der Waals surface area contributed by atoms with Crippen molar-refractivity contribution in [3.05, 3.63) is 65.2 Å². The summed E-state index contributed by atoms with van der Waals surface area (Å²) in [5.41, 5.74) is 1.14. The number of hydrogen-bond acceptors (Lipinski definition) is 5. The third-order valence-corrected chi connectivity index (χ3v) is 5.55. The van der Waals surface area contributed by atoms with Gasteiger partial charge in [0.25, 0.3) is 5.91 Å². The topological polar surface area (TPSA) is 84.0 Å². The summed E-state index contributed by atoms with van der Waals surface area (Å²) in [5, 5.41) is 14.2. The predicted octanol–water partition coefficient (Wildman–Crippen LogP) is 4.93. The Labute approximate surface area is 186 Å². The Morgan fingerprint density at radius 3 is 2.16 bits per heavy atom. The lowest BCUT2D eigenvalue weighted by atomic mass is 10.0. The minimum atomic E-state index is -4.49. The standard InChI is InChI=1S/C22H21F3N4O2S/c1-12(2)17(26-18(30)14-8-10-16(11-9-14)22(23,24)25)19(31)27-21-29-28-20(32-21)15-6-4-13(3)5-7-15/h4-12,17H,1-3H3,(H,26,30)(H,27,29,31). The summed E-state index contributed by atoms with van der Waals surface area (Å²) in [6.45, 7) is 5.46. The molecule has 0 aliphatic heterocycles. The lowest BCUT2D eigenvalue weighted by Gasteiger charge is -2.21. The number of hydrogen-bond donors (Lipinski definition) is 2. The highest BCUT2D eigenvalue weighted by atomic mass is 32.1. The fraction of sp³-hybridized carbons (Fsp3) is 0.273. The van der Waals surface area contributed by atoms with Crippen molar-refractivity contribution in [1.29, 1.82) is 0 Å². The van der Waals surface area contributed by atoms with Gasteiger partial charge in [-0.05, 0) is 37.1 Å². The first-order valence-corrected chi connectivity index (χ1v) is 10.6. The fourth-order valence-electron chi connectivity index (χ4n) is 2.84. The number of anilines is 1. The van der Waals surface area contributed by atoms with Crippen molar-refractivity contribution in [3.63, 3.8) is 0 Å². The summed E-state index contributed by atoms with van der Waals surface area (Å²) in [6, 6.07) is 10.6. The molecule has 0 spiro atoms. The van der Waals surface area contributed by atoms with Crippen LogP contribution in [0.25, 0.3) is 10.6 Å². The summed E-state index contributed by atoms with van der Waals surface area (Å²) in [6.07, 6.45) is -4.49. The molecule has 1 unspecified atom stereocenters. The number of carbonyl (C=O) groups is 2. The number of alkyl halides is 3. The molecule has 32 heavy (non-hydrogen) atoms. The Bertz CT molecular complexity index is 1090. The zero-order valence-electron chi connectivity index (χ0n) is 17.5. The van der Waals surface area contributed by atoms with E-state index in [4.69, 9.17) is 0 Å². The molecule has 0 saturated heterocycles. The Morgan fingerprint density at radius 2 is 1.59 bits per heavy atom. The van der Waals surface area contributed by atoms with Gasteiger partial charge >= 0.3 is 6.18 Å². The van der Waals surface area contributed by atoms with Gasteiger partial charge in [-0.15, -0.1) is 10.2 Å². The second kappa shape index (κ2) is 9.47. The van der Waals surface area contributed by atoms with E-state index in [0.717, 1.165) is 35.4 Å². The van der Waals surface area contributed by atoms with E-state index in [1.54, 1.807) is 13.8 Å². The van der Waals surface area contributed by atoms with Crippen molar-refractivity contribution >= 4 is 28.3 Å². The zero-order valence-corrected chi connectivity index (χ0v) is 18.3. The molecule has 0 fully saturated rings. The average molecular weight is 462 g/mol. The lowest BCUT2D eigenvalue weighted by Crippen LogP contribution is -2.47. The van der Waals surface area contributed by atoms with E-state index in [1.165, 1.54) is 11.3 Å². The number of amides is 2. The number of benzene rings is 2. The van der Waals surface area contributed by atoms with Crippen LogP contribution in [0.15, 0.2) is 48.5 Å². The molecule has 2 amide bonds. The molecule has 1 atom stereocenters. The molecular weight excluding hydrogens is 441 g/mol. The molecule has 3 rings (SSSR count). The van der Waals surface area contributed by atoms with Crippen molar-refractivity contribution in [2.24, 2.45) is 5.92 Å². The van der Waals surface area contributed by atoms with E-state index in [1.807, 2.05) is 31.2 Å². The molecule has 2 N–H and O–H groups in total. The SMILES string of the molecule is Cc1ccc(-c2nnc(NC(=O)C(NC(=O)c3ccc(C(F)(F)F)cc3)C(C)C)s2)cc1. The highest BCUT2D eigenvalue weighted by molar-refractivity contribution is 7.18. The van der Waals surface area contributed by atoms with Crippen LogP contribution in [0.4, 0.5) is 18.3 Å². The maximum Gasteiger partial charge on any atom is 0.416 e. The minimum Gasteiger partial charge on any atom is -0.340 e. The number of aryl methyl sites for hydroxylation is 1. The fourth-order valence-corrected chi connectivity index (χ4v) is 3.59. The van der Waals surface area contributed by atoms with Crippen LogP contribution in [0.2, 0.25) is 0 Å². The van der Waals surface area contributed by atoms with E-state index < -0.39 is 29.6 Å². The largest absolute Gasteiger partial charge is 0.416 e. The third kappa shape index (κ3) is 5.70. The van der Waals surface area contributed by atoms with E-state index in [0.29, 0.717) is 5.01 Å². The second-order valence-corrected chi connectivity index (χ2v) is 8.52. The van der Waals surface area contributed by atoms with Crippen molar-refractivity contribution < 1.29 is 22.8 Å². The molecule has 0 aliphatic rings. The van der Waals surface area contributed by atoms with E-state index in [2.05, 4.69) is 20.8 Å². The summed E-state index contributed by atoms with van der Waals surface area (Å²) >= 11 is 1.20. The average Bonchev–Trinajstić information content (AvgIpc) is 3.19. The van der Waals surface area contributed by atoms with Gasteiger partial charge in [0.05, 0.1) is 5.56 Å². The highest BCUT2D eigenvalue weighted by Gasteiger charge is 2.31. The van der Waals surface area contributed by atoms with Crippen molar-refractivity contribution in [2.75, 3.05) is 5.32 Å². The number of nitrogens with zero attached hydrogens (tertiary/aromatic N) is 2. The first-order valence-electron chi connectivity index (χ1n) is 9.74. The first-order chi connectivity index (χ1) is 15.0. The first kappa shape index (κ1) is 23.4. The van der Waals surface area contributed by atoms with Crippen LogP contribution in [0.5, 0.6) is 0 Å². The molecule has 0 saturated carbocycles. The molecule has 1 heterocycles. The monoisotopic (exact) mass is 462 g/mol. The number of aromatic nitrogens is 2. The number of carbonyl (C=O) groups excluding carboxylic acids is 2. The summed E-state index contributed by atoms with van der Waals surface area (Å²) in [5.74, 6) is -1.42. The maximum absolute atomic E-state index is 12.8. The third-order valence-electron chi connectivity index (χ3n) is 4.66. The summed E-state index contributed by atoms with van der Waals surface area (Å²) in [4.78, 5) is 25.3. The van der Waals surface area contributed by atoms with Crippen molar-refractivity contribution in [3.8, 4) is 10.6 Å². The molecular formula is C22H21F3N4O2S. The van der Waals surface area contributed by atoms with Gasteiger partial charge in [0.15, 0.2) is 0 Å². The maximum atomic E-state index is 12.8. The molecule has 0 bridgehead atoms. The Hall–Kier alpha value is -3.27. The molecule has 2 aromatic carbocycles. The van der Waals surface area contributed by atoms with Crippen molar-refractivity contribution in [2.45, 2.75) is 33.0 Å². The number of halogens is 3. The van der Waals surface area contributed by atoms with Crippen LogP contribution < -0.4 is 10.6 Å². The number of rotatable bonds is 6. The van der Waals surface area contributed by atoms with Crippen LogP contribution in [-0.2, 0) is 11.0 Å². The van der Waals surface area contributed by atoms with Crippen molar-refractivity contribution in [1.82, 2.24) is 15.5 Å². The van der Waals surface area contributed by atoms with Gasteiger partial charge in [-0.25, -0.2) is 0 Å². The Morgan fingerprint density at radius 1 is 0.969 bits per heavy atom. The summed E-state index contributed by atoms with van der Waals surface area (Å²) in [7, 11) is 0. The van der Waals surface area contributed by atoms with E-state index in [-0.39, 0.29) is 16.6 Å². The van der Waals surface area contributed by atoms with E-state index >= 15 is 0 Å². The van der Waals surface area contributed by atoms with Gasteiger partial charge in [-0.3, -0.25) is 14.9 Å². The molecule has 0 radical (unpaired) electrons. The van der Waals surface area contributed by atoms with Crippen LogP contribution in [0, 0.1) is 12.8 Å². The smallest absolute Gasteiger partial charge is 0.340 e. The number of nitrogens with one attached hydrogen (secondary N) is 2. The molecule has 3 aromatic rings.